The number of nitrogens with one attached hydrogen (secondary N) is 1. The van der Waals surface area contributed by atoms with Gasteiger partial charge in [-0.1, -0.05) is 5.16 Å². The maximum atomic E-state index is 12.0. The SMILES string of the molecule is O=C1CCC2(CCNCC2)CN1Cc1ccno1. The van der Waals surface area contributed by atoms with E-state index in [4.69, 9.17) is 4.52 Å². The molecule has 0 atom stereocenters. The van der Waals surface area contributed by atoms with Crippen LogP contribution in [0.4, 0.5) is 0 Å². The Hall–Kier alpha value is -1.36. The summed E-state index contributed by atoms with van der Waals surface area (Å²) in [6.07, 6.45) is 5.69. The van der Waals surface area contributed by atoms with Crippen LogP contribution in [-0.4, -0.2) is 35.6 Å². The fourth-order valence-corrected chi connectivity index (χ4v) is 3.12. The van der Waals surface area contributed by atoms with Crippen LogP contribution in [0.25, 0.3) is 0 Å². The molecule has 3 rings (SSSR count). The Morgan fingerprint density at radius 3 is 2.94 bits per heavy atom. The molecule has 0 aliphatic carbocycles. The molecule has 1 amide bonds. The molecular formula is C13H19N3O2. The van der Waals surface area contributed by atoms with Crippen molar-refractivity contribution in [2.45, 2.75) is 32.2 Å². The molecule has 0 unspecified atom stereocenters. The Morgan fingerprint density at radius 1 is 1.39 bits per heavy atom. The van der Waals surface area contributed by atoms with Gasteiger partial charge >= 0.3 is 0 Å². The van der Waals surface area contributed by atoms with Crippen molar-refractivity contribution in [1.82, 2.24) is 15.4 Å². The van der Waals surface area contributed by atoms with Gasteiger partial charge in [0.05, 0.1) is 12.7 Å². The summed E-state index contributed by atoms with van der Waals surface area (Å²) in [6.45, 7) is 3.58. The molecule has 1 aromatic heterocycles. The van der Waals surface area contributed by atoms with Gasteiger partial charge in [0.2, 0.25) is 5.91 Å². The highest BCUT2D eigenvalue weighted by molar-refractivity contribution is 5.77. The van der Waals surface area contributed by atoms with E-state index in [1.165, 1.54) is 12.8 Å². The van der Waals surface area contributed by atoms with E-state index in [1.807, 2.05) is 11.0 Å². The topological polar surface area (TPSA) is 58.4 Å². The lowest BCUT2D eigenvalue weighted by Crippen LogP contribution is -2.50. The van der Waals surface area contributed by atoms with Crippen molar-refractivity contribution in [1.29, 1.82) is 0 Å². The number of aromatic nitrogens is 1. The average Bonchev–Trinajstić information content (AvgIpc) is 2.88. The minimum atomic E-state index is 0.246. The Balaban J connectivity index is 1.70. The van der Waals surface area contributed by atoms with Gasteiger partial charge in [-0.25, -0.2) is 0 Å². The lowest BCUT2D eigenvalue weighted by molar-refractivity contribution is -0.139. The fourth-order valence-electron chi connectivity index (χ4n) is 3.12. The van der Waals surface area contributed by atoms with Gasteiger partial charge in [-0.05, 0) is 37.8 Å². The summed E-state index contributed by atoms with van der Waals surface area (Å²) in [5.74, 6) is 1.02. The molecule has 1 aromatic rings. The molecule has 2 aliphatic heterocycles. The third-order valence-electron chi connectivity index (χ3n) is 4.25. The van der Waals surface area contributed by atoms with E-state index in [0.717, 1.165) is 31.8 Å². The number of piperidine rings is 2. The van der Waals surface area contributed by atoms with Crippen LogP contribution >= 0.6 is 0 Å². The largest absolute Gasteiger partial charge is 0.360 e. The summed E-state index contributed by atoms with van der Waals surface area (Å²) in [7, 11) is 0. The number of hydrogen-bond acceptors (Lipinski definition) is 4. The maximum absolute atomic E-state index is 12.0. The van der Waals surface area contributed by atoms with E-state index >= 15 is 0 Å². The molecule has 2 fully saturated rings. The van der Waals surface area contributed by atoms with Crippen molar-refractivity contribution in [3.8, 4) is 0 Å². The molecule has 5 nitrogen and oxygen atoms in total. The summed E-state index contributed by atoms with van der Waals surface area (Å²) < 4.78 is 5.10. The van der Waals surface area contributed by atoms with Crippen molar-refractivity contribution in [2.24, 2.45) is 5.41 Å². The first kappa shape index (κ1) is 11.7. The fraction of sp³-hybridized carbons (Fsp3) is 0.692. The number of rotatable bonds is 2. The zero-order chi connectivity index (χ0) is 12.4. The molecule has 1 spiro atoms. The van der Waals surface area contributed by atoms with Crippen LogP contribution < -0.4 is 5.32 Å². The van der Waals surface area contributed by atoms with Crippen molar-refractivity contribution in [3.05, 3.63) is 18.0 Å². The van der Waals surface area contributed by atoms with Gasteiger partial charge in [0, 0.05) is 19.0 Å². The minimum Gasteiger partial charge on any atom is -0.360 e. The first-order chi connectivity index (χ1) is 8.77. The van der Waals surface area contributed by atoms with Crippen LogP contribution in [0.2, 0.25) is 0 Å². The van der Waals surface area contributed by atoms with Gasteiger partial charge in [0.25, 0.3) is 0 Å². The Labute approximate surface area is 107 Å². The molecule has 3 heterocycles. The molecule has 0 bridgehead atoms. The van der Waals surface area contributed by atoms with Gasteiger partial charge in [-0.2, -0.15) is 0 Å². The average molecular weight is 249 g/mol. The Morgan fingerprint density at radius 2 is 2.22 bits per heavy atom. The molecule has 2 saturated heterocycles. The summed E-state index contributed by atoms with van der Waals surface area (Å²) in [4.78, 5) is 13.9. The van der Waals surface area contributed by atoms with Gasteiger partial charge in [0.1, 0.15) is 0 Å². The van der Waals surface area contributed by atoms with E-state index in [9.17, 15) is 4.79 Å². The van der Waals surface area contributed by atoms with E-state index in [0.29, 0.717) is 18.4 Å². The highest BCUT2D eigenvalue weighted by Crippen LogP contribution is 2.38. The second kappa shape index (κ2) is 4.72. The number of nitrogens with zero attached hydrogens (tertiary/aromatic N) is 2. The van der Waals surface area contributed by atoms with Crippen LogP contribution in [0.3, 0.4) is 0 Å². The van der Waals surface area contributed by atoms with E-state index < -0.39 is 0 Å². The molecule has 0 radical (unpaired) electrons. The standard InChI is InChI=1S/C13H19N3O2/c17-12-1-3-13(4-7-14-8-5-13)10-16(12)9-11-2-6-15-18-11/h2,6,14H,1,3-5,7-10H2. The quantitative estimate of drug-likeness (QED) is 0.854. The number of carbonyl (C=O) groups is 1. The smallest absolute Gasteiger partial charge is 0.223 e. The lowest BCUT2D eigenvalue weighted by atomic mass is 9.73. The van der Waals surface area contributed by atoms with Crippen molar-refractivity contribution < 1.29 is 9.32 Å². The summed E-state index contributed by atoms with van der Waals surface area (Å²) in [6, 6.07) is 1.83. The summed E-state index contributed by atoms with van der Waals surface area (Å²) in [5, 5.41) is 7.09. The third kappa shape index (κ3) is 2.27. The number of hydrogen-bond donors (Lipinski definition) is 1. The maximum Gasteiger partial charge on any atom is 0.223 e. The minimum absolute atomic E-state index is 0.246. The van der Waals surface area contributed by atoms with E-state index in [-0.39, 0.29) is 5.91 Å². The van der Waals surface area contributed by atoms with Gasteiger partial charge < -0.3 is 14.7 Å². The number of carbonyl (C=O) groups excluding carboxylic acids is 1. The van der Waals surface area contributed by atoms with Crippen LogP contribution in [0.1, 0.15) is 31.4 Å². The normalized spacial score (nSPS) is 23.6. The van der Waals surface area contributed by atoms with Gasteiger partial charge in [0.15, 0.2) is 5.76 Å². The first-order valence-electron chi connectivity index (χ1n) is 6.66. The highest BCUT2D eigenvalue weighted by atomic mass is 16.5. The monoisotopic (exact) mass is 249 g/mol. The van der Waals surface area contributed by atoms with Crippen molar-refractivity contribution in [2.75, 3.05) is 19.6 Å². The van der Waals surface area contributed by atoms with E-state index in [2.05, 4.69) is 10.5 Å². The molecule has 5 heteroatoms. The summed E-state index contributed by atoms with van der Waals surface area (Å²) in [5.41, 5.74) is 0.333. The Bertz CT molecular complexity index is 410. The molecule has 98 valence electrons. The van der Waals surface area contributed by atoms with E-state index in [1.54, 1.807) is 6.20 Å². The second-order valence-electron chi connectivity index (χ2n) is 5.48. The molecule has 0 saturated carbocycles. The molecule has 1 N–H and O–H groups in total. The van der Waals surface area contributed by atoms with Crippen LogP contribution in [0.15, 0.2) is 16.8 Å². The molecular weight excluding hydrogens is 230 g/mol. The van der Waals surface area contributed by atoms with Crippen molar-refractivity contribution >= 4 is 5.91 Å². The molecule has 2 aliphatic rings. The van der Waals surface area contributed by atoms with Crippen LogP contribution in [0.5, 0.6) is 0 Å². The summed E-state index contributed by atoms with van der Waals surface area (Å²) >= 11 is 0. The third-order valence-corrected chi connectivity index (χ3v) is 4.25. The second-order valence-corrected chi connectivity index (χ2v) is 5.48. The zero-order valence-corrected chi connectivity index (χ0v) is 10.5. The highest BCUT2D eigenvalue weighted by Gasteiger charge is 2.39. The lowest BCUT2D eigenvalue weighted by Gasteiger charge is -2.44. The van der Waals surface area contributed by atoms with Crippen LogP contribution in [0, 0.1) is 5.41 Å². The number of likely N-dealkylation sites (tertiary alicyclic amines) is 1. The Kier molecular flexibility index (Phi) is 3.07. The van der Waals surface area contributed by atoms with Gasteiger partial charge in [-0.3, -0.25) is 4.79 Å². The predicted octanol–water partition coefficient (Wildman–Crippen LogP) is 1.17. The first-order valence-corrected chi connectivity index (χ1v) is 6.66. The van der Waals surface area contributed by atoms with Crippen LogP contribution in [-0.2, 0) is 11.3 Å². The van der Waals surface area contributed by atoms with Crippen molar-refractivity contribution in [3.63, 3.8) is 0 Å². The predicted molar refractivity (Wildman–Crippen MR) is 65.7 cm³/mol. The number of amides is 1. The van der Waals surface area contributed by atoms with Gasteiger partial charge in [-0.15, -0.1) is 0 Å². The zero-order valence-electron chi connectivity index (χ0n) is 10.5. The molecule has 18 heavy (non-hydrogen) atoms. The molecule has 0 aromatic carbocycles.